The molecule has 0 radical (unpaired) electrons. The molecule has 0 saturated heterocycles. The highest BCUT2D eigenvalue weighted by Crippen LogP contribution is 2.45. The van der Waals surface area contributed by atoms with Gasteiger partial charge in [-0.05, 0) is 53.9 Å². The van der Waals surface area contributed by atoms with Crippen molar-refractivity contribution in [3.05, 3.63) is 35.8 Å². The molecular weight excluding hydrogens is 470 g/mol. The average Bonchev–Trinajstić information content (AvgIpc) is 2.81. The van der Waals surface area contributed by atoms with E-state index in [0.29, 0.717) is 10.6 Å². The van der Waals surface area contributed by atoms with Crippen LogP contribution in [0.5, 0.6) is 0 Å². The first-order chi connectivity index (χ1) is 8.34. The fraction of sp³-hybridized carbons (Fsp3) is 0.100. The highest BCUT2D eigenvalue weighted by molar-refractivity contribution is 9.42. The maximum atomic E-state index is 12.4. The third kappa shape index (κ3) is 2.72. The normalized spacial score (nSPS) is 12.6. The van der Waals surface area contributed by atoms with Crippen LogP contribution in [0.15, 0.2) is 40.7 Å². The summed E-state index contributed by atoms with van der Waals surface area (Å²) in [6.45, 7) is 0. The van der Waals surface area contributed by atoms with Gasteiger partial charge in [-0.15, -0.1) is 11.3 Å². The molecular formula is C10H6Br3NO2S2. The van der Waals surface area contributed by atoms with Crippen molar-refractivity contribution in [2.75, 3.05) is 0 Å². The van der Waals surface area contributed by atoms with E-state index in [2.05, 4.69) is 52.8 Å². The molecule has 2 rings (SSSR count). The van der Waals surface area contributed by atoms with Crippen LogP contribution in [0.1, 0.15) is 0 Å². The largest absolute Gasteiger partial charge is 0.245 e. The second kappa shape index (κ2) is 5.32. The van der Waals surface area contributed by atoms with E-state index in [1.165, 1.54) is 11.3 Å². The number of alkyl halides is 3. The fourth-order valence-electron chi connectivity index (χ4n) is 1.36. The molecule has 96 valence electrons. The first kappa shape index (κ1) is 14.6. The second-order valence-corrected chi connectivity index (χ2v) is 14.6. The van der Waals surface area contributed by atoms with Crippen molar-refractivity contribution in [1.29, 1.82) is 0 Å². The van der Waals surface area contributed by atoms with Crippen LogP contribution in [0.4, 0.5) is 0 Å². The predicted octanol–water partition coefficient (Wildman–Crippen LogP) is 4.38. The first-order valence-electron chi connectivity index (χ1n) is 4.64. The van der Waals surface area contributed by atoms with E-state index in [-0.39, 0.29) is 4.90 Å². The maximum Gasteiger partial charge on any atom is 0.239 e. The molecule has 8 heteroatoms. The van der Waals surface area contributed by atoms with Crippen LogP contribution in [0.25, 0.3) is 10.6 Å². The zero-order valence-corrected chi connectivity index (χ0v) is 15.1. The van der Waals surface area contributed by atoms with Gasteiger partial charge in [0.25, 0.3) is 0 Å². The summed E-state index contributed by atoms with van der Waals surface area (Å²) in [7, 11) is -3.62. The Kier molecular flexibility index (Phi) is 4.33. The summed E-state index contributed by atoms with van der Waals surface area (Å²) in [5.74, 6) is 0. The van der Waals surface area contributed by atoms with Crippen molar-refractivity contribution in [3.63, 3.8) is 0 Å². The van der Waals surface area contributed by atoms with Crippen LogP contribution >= 0.6 is 59.1 Å². The Morgan fingerprint density at radius 2 is 1.83 bits per heavy atom. The minimum absolute atomic E-state index is 0.213. The number of nitrogens with zero attached hydrogens (tertiary/aromatic N) is 1. The summed E-state index contributed by atoms with van der Waals surface area (Å²) < 4.78 is 23.4. The molecule has 0 aliphatic carbocycles. The third-order valence-corrected chi connectivity index (χ3v) is 8.33. The van der Waals surface area contributed by atoms with Gasteiger partial charge >= 0.3 is 0 Å². The molecule has 0 saturated carbocycles. The lowest BCUT2D eigenvalue weighted by atomic mass is 10.2. The number of hydrogen-bond donors (Lipinski definition) is 0. The van der Waals surface area contributed by atoms with Gasteiger partial charge in [0.2, 0.25) is 11.3 Å². The molecule has 2 aromatic rings. The minimum atomic E-state index is -3.62. The molecule has 0 unspecified atom stereocenters. The Labute approximate surface area is 134 Å². The van der Waals surface area contributed by atoms with Crippen molar-refractivity contribution in [2.24, 2.45) is 0 Å². The van der Waals surface area contributed by atoms with Gasteiger partial charge in [0.1, 0.15) is 5.01 Å². The van der Waals surface area contributed by atoms with Crippen LogP contribution in [-0.2, 0) is 9.84 Å². The van der Waals surface area contributed by atoms with E-state index < -0.39 is 11.3 Å². The summed E-state index contributed by atoms with van der Waals surface area (Å²) >= 11 is 10.6. The molecule has 0 amide bonds. The number of rotatable bonds is 2. The molecule has 0 fully saturated rings. The molecule has 0 bridgehead atoms. The van der Waals surface area contributed by atoms with E-state index in [4.69, 9.17) is 0 Å². The quantitative estimate of drug-likeness (QED) is 0.605. The molecule has 0 spiro atoms. The van der Waals surface area contributed by atoms with Crippen molar-refractivity contribution in [2.45, 2.75) is 6.37 Å². The molecule has 0 N–H and O–H groups in total. The molecule has 0 atom stereocenters. The summed E-state index contributed by atoms with van der Waals surface area (Å²) in [5.41, 5.74) is 0.593. The third-order valence-electron chi connectivity index (χ3n) is 2.14. The fourth-order valence-corrected chi connectivity index (χ4v) is 4.63. The van der Waals surface area contributed by atoms with Crippen molar-refractivity contribution in [1.82, 2.24) is 4.98 Å². The van der Waals surface area contributed by atoms with Crippen LogP contribution in [0, 0.1) is 0 Å². The van der Waals surface area contributed by atoms with Crippen LogP contribution in [-0.4, -0.2) is 14.9 Å². The second-order valence-electron chi connectivity index (χ2n) is 3.28. The highest BCUT2D eigenvalue weighted by Gasteiger charge is 2.39. The Morgan fingerprint density at radius 3 is 2.39 bits per heavy atom. The Morgan fingerprint density at radius 1 is 1.17 bits per heavy atom. The van der Waals surface area contributed by atoms with Gasteiger partial charge in [0.05, 0.1) is 4.90 Å². The maximum absolute atomic E-state index is 12.4. The van der Waals surface area contributed by atoms with Crippen molar-refractivity contribution < 1.29 is 8.42 Å². The first-order valence-corrected chi connectivity index (χ1v) is 9.38. The summed E-state index contributed by atoms with van der Waals surface area (Å²) in [6.07, 6.45) is 1.65. The molecule has 0 aliphatic rings. The SMILES string of the molecule is O=S(=O)(c1ccccc1-c1nccs1)C(Br)(Br)Br. The van der Waals surface area contributed by atoms with Crippen LogP contribution < -0.4 is 0 Å². The van der Waals surface area contributed by atoms with Crippen molar-refractivity contribution in [3.8, 4) is 10.6 Å². The van der Waals surface area contributed by atoms with Gasteiger partial charge in [-0.2, -0.15) is 0 Å². The van der Waals surface area contributed by atoms with Crippen LogP contribution in [0.3, 0.4) is 0 Å². The van der Waals surface area contributed by atoms with Crippen molar-refractivity contribution >= 4 is 69.0 Å². The van der Waals surface area contributed by atoms with Gasteiger partial charge in [0.15, 0.2) is 0 Å². The van der Waals surface area contributed by atoms with E-state index in [1.807, 2.05) is 5.38 Å². The zero-order chi connectivity index (χ0) is 13.4. The molecule has 3 nitrogen and oxygen atoms in total. The number of hydrogen-bond acceptors (Lipinski definition) is 4. The number of aromatic nitrogens is 1. The van der Waals surface area contributed by atoms with Gasteiger partial charge in [-0.3, -0.25) is 0 Å². The summed E-state index contributed by atoms with van der Waals surface area (Å²) in [6, 6.07) is 6.77. The van der Waals surface area contributed by atoms with E-state index in [9.17, 15) is 8.42 Å². The van der Waals surface area contributed by atoms with Gasteiger partial charge < -0.3 is 0 Å². The summed E-state index contributed by atoms with van der Waals surface area (Å²) in [4.78, 5) is 4.36. The molecule has 1 aromatic heterocycles. The number of benzene rings is 1. The number of sulfone groups is 1. The van der Waals surface area contributed by atoms with E-state index in [0.717, 1.165) is 0 Å². The lowest BCUT2D eigenvalue weighted by molar-refractivity contribution is 0.599. The predicted molar refractivity (Wildman–Crippen MR) is 84.2 cm³/mol. The van der Waals surface area contributed by atoms with E-state index in [1.54, 1.807) is 30.5 Å². The lowest BCUT2D eigenvalue weighted by Gasteiger charge is -2.15. The average molecular weight is 476 g/mol. The molecule has 1 heterocycles. The summed E-state index contributed by atoms with van der Waals surface area (Å²) in [5, 5.41) is 2.48. The standard InChI is InChI=1S/C10H6Br3NO2S2/c11-10(12,13)18(15,16)8-4-2-1-3-7(8)9-14-5-6-17-9/h1-6H. The van der Waals surface area contributed by atoms with E-state index >= 15 is 0 Å². The topological polar surface area (TPSA) is 47.0 Å². The number of halogens is 3. The van der Waals surface area contributed by atoms with Crippen LogP contribution in [0.2, 0.25) is 0 Å². The molecule has 0 aliphatic heterocycles. The Balaban J connectivity index is 2.68. The molecule has 18 heavy (non-hydrogen) atoms. The highest BCUT2D eigenvalue weighted by atomic mass is 80.0. The zero-order valence-electron chi connectivity index (χ0n) is 8.68. The van der Waals surface area contributed by atoms with Gasteiger partial charge in [-0.25, -0.2) is 13.4 Å². The van der Waals surface area contributed by atoms with Gasteiger partial charge in [0, 0.05) is 17.1 Å². The monoisotopic (exact) mass is 473 g/mol. The minimum Gasteiger partial charge on any atom is -0.245 e. The molecule has 1 aromatic carbocycles. The Hall–Kier alpha value is 0.240. The lowest BCUT2D eigenvalue weighted by Crippen LogP contribution is -2.18. The Bertz CT molecular complexity index is 648. The number of thiazole rings is 1. The van der Waals surface area contributed by atoms with Gasteiger partial charge in [-0.1, -0.05) is 18.2 Å². The smallest absolute Gasteiger partial charge is 0.239 e.